The third-order valence-electron chi connectivity index (χ3n) is 3.19. The zero-order valence-electron chi connectivity index (χ0n) is 11.3. The summed E-state index contributed by atoms with van der Waals surface area (Å²) in [5, 5.41) is 13.9. The lowest BCUT2D eigenvalue weighted by Gasteiger charge is -2.26. The van der Waals surface area contributed by atoms with Gasteiger partial charge in [-0.05, 0) is 19.3 Å². The van der Waals surface area contributed by atoms with Crippen LogP contribution in [0.5, 0.6) is 0 Å². The number of amides is 1. The van der Waals surface area contributed by atoms with Crippen LogP contribution >= 0.6 is 0 Å². The van der Waals surface area contributed by atoms with Crippen LogP contribution in [0.4, 0.5) is 0 Å². The Labute approximate surface area is 112 Å². The number of nitrogens with one attached hydrogen (secondary N) is 2. The summed E-state index contributed by atoms with van der Waals surface area (Å²) in [5.74, 6) is -0.148. The topological polar surface area (TPSA) is 81.1 Å². The molecule has 1 aromatic rings. The van der Waals surface area contributed by atoms with Gasteiger partial charge in [0.25, 0.3) is 5.91 Å². The van der Waals surface area contributed by atoms with Crippen molar-refractivity contribution in [1.82, 2.24) is 25.6 Å². The molecule has 2 rings (SSSR count). The van der Waals surface area contributed by atoms with Gasteiger partial charge in [-0.2, -0.15) is 0 Å². The monoisotopic (exact) mass is 267 g/mol. The normalized spacial score (nSPS) is 15.2. The van der Waals surface area contributed by atoms with E-state index in [1.165, 1.54) is 0 Å². The van der Waals surface area contributed by atoms with Crippen LogP contribution in [0.2, 0.25) is 0 Å². The molecule has 2 heterocycles. The number of carbonyl (C=O) groups excluding carboxylic acids is 1. The molecule has 0 radical (unpaired) electrons. The molecule has 7 heteroatoms. The summed E-state index contributed by atoms with van der Waals surface area (Å²) in [6.45, 7) is 3.23. The summed E-state index contributed by atoms with van der Waals surface area (Å²) in [5.41, 5.74) is 0.392. The molecule has 2 N–H and O–H groups in total. The van der Waals surface area contributed by atoms with Gasteiger partial charge in [0.05, 0.1) is 12.2 Å². The molecule has 0 aromatic carbocycles. The van der Waals surface area contributed by atoms with Gasteiger partial charge in [0.1, 0.15) is 0 Å². The smallest absolute Gasteiger partial charge is 0.273 e. The summed E-state index contributed by atoms with van der Waals surface area (Å²) in [6.07, 6.45) is 4.74. The van der Waals surface area contributed by atoms with Crippen LogP contribution in [0.15, 0.2) is 6.20 Å². The Morgan fingerprint density at radius 2 is 2.37 bits per heavy atom. The maximum atomic E-state index is 11.8. The van der Waals surface area contributed by atoms with Gasteiger partial charge >= 0.3 is 0 Å². The summed E-state index contributed by atoms with van der Waals surface area (Å²) in [6, 6.07) is 0.336. The Bertz CT molecular complexity index is 403. The molecule has 0 aliphatic carbocycles. The van der Waals surface area contributed by atoms with Crippen molar-refractivity contribution in [3.63, 3.8) is 0 Å². The zero-order chi connectivity index (χ0) is 13.5. The first-order chi connectivity index (χ1) is 9.31. The SMILES string of the molecule is COCCCCCNC(=O)c1cn(C2CNC2)nn1. The quantitative estimate of drug-likeness (QED) is 0.646. The second-order valence-electron chi connectivity index (χ2n) is 4.71. The van der Waals surface area contributed by atoms with Crippen molar-refractivity contribution < 1.29 is 9.53 Å². The van der Waals surface area contributed by atoms with Crippen LogP contribution in [0.25, 0.3) is 0 Å². The molecular weight excluding hydrogens is 246 g/mol. The van der Waals surface area contributed by atoms with Crippen molar-refractivity contribution in [3.05, 3.63) is 11.9 Å². The van der Waals surface area contributed by atoms with E-state index in [0.29, 0.717) is 18.3 Å². The van der Waals surface area contributed by atoms with Gasteiger partial charge in [-0.1, -0.05) is 5.21 Å². The van der Waals surface area contributed by atoms with Crippen LogP contribution < -0.4 is 10.6 Å². The van der Waals surface area contributed by atoms with E-state index in [1.54, 1.807) is 18.0 Å². The maximum Gasteiger partial charge on any atom is 0.273 e. The third-order valence-corrected chi connectivity index (χ3v) is 3.19. The lowest BCUT2D eigenvalue weighted by atomic mass is 10.2. The van der Waals surface area contributed by atoms with Gasteiger partial charge < -0.3 is 15.4 Å². The van der Waals surface area contributed by atoms with Gasteiger partial charge in [0, 0.05) is 33.4 Å². The molecule has 0 unspecified atom stereocenters. The maximum absolute atomic E-state index is 11.8. The lowest BCUT2D eigenvalue weighted by Crippen LogP contribution is -2.43. The molecule has 0 bridgehead atoms. The molecule has 0 spiro atoms. The van der Waals surface area contributed by atoms with Gasteiger partial charge in [0.2, 0.25) is 0 Å². The summed E-state index contributed by atoms with van der Waals surface area (Å²) >= 11 is 0. The molecule has 1 fully saturated rings. The zero-order valence-corrected chi connectivity index (χ0v) is 11.3. The van der Waals surface area contributed by atoms with Crippen molar-refractivity contribution in [2.24, 2.45) is 0 Å². The Morgan fingerprint density at radius 1 is 1.53 bits per heavy atom. The fourth-order valence-electron chi connectivity index (χ4n) is 1.86. The largest absolute Gasteiger partial charge is 0.385 e. The summed E-state index contributed by atoms with van der Waals surface area (Å²) < 4.78 is 6.72. The molecule has 0 atom stereocenters. The minimum Gasteiger partial charge on any atom is -0.385 e. The van der Waals surface area contributed by atoms with Gasteiger partial charge in [-0.15, -0.1) is 5.10 Å². The molecule has 1 aliphatic rings. The van der Waals surface area contributed by atoms with Crippen molar-refractivity contribution in [3.8, 4) is 0 Å². The third kappa shape index (κ3) is 4.00. The first-order valence-corrected chi connectivity index (χ1v) is 6.71. The predicted molar refractivity (Wildman–Crippen MR) is 70.0 cm³/mol. The van der Waals surface area contributed by atoms with E-state index < -0.39 is 0 Å². The molecule has 106 valence electrons. The number of hydrogen-bond acceptors (Lipinski definition) is 5. The molecule has 1 aromatic heterocycles. The Hall–Kier alpha value is -1.47. The fourth-order valence-corrected chi connectivity index (χ4v) is 1.86. The molecule has 7 nitrogen and oxygen atoms in total. The van der Waals surface area contributed by atoms with Crippen LogP contribution in [0.1, 0.15) is 35.8 Å². The molecular formula is C12H21N5O2. The number of ether oxygens (including phenoxy) is 1. The predicted octanol–water partition coefficient (Wildman–Crippen LogP) is -0.0311. The Balaban J connectivity index is 1.66. The van der Waals surface area contributed by atoms with Crippen molar-refractivity contribution in [1.29, 1.82) is 0 Å². The molecule has 19 heavy (non-hydrogen) atoms. The van der Waals surface area contributed by atoms with Crippen molar-refractivity contribution in [2.45, 2.75) is 25.3 Å². The highest BCUT2D eigenvalue weighted by Gasteiger charge is 2.21. The first kappa shape index (κ1) is 14.0. The number of methoxy groups -OCH3 is 1. The highest BCUT2D eigenvalue weighted by atomic mass is 16.5. The van der Waals surface area contributed by atoms with E-state index in [9.17, 15) is 4.79 Å². The van der Waals surface area contributed by atoms with E-state index >= 15 is 0 Å². The van der Waals surface area contributed by atoms with E-state index in [1.807, 2.05) is 0 Å². The van der Waals surface area contributed by atoms with Gasteiger partial charge in [-0.3, -0.25) is 4.79 Å². The van der Waals surface area contributed by atoms with Gasteiger partial charge in [0.15, 0.2) is 5.69 Å². The standard InChI is InChI=1S/C12H21N5O2/c1-19-6-4-2-3-5-14-12(18)11-9-17(16-15-11)10-7-13-8-10/h9-10,13H,2-8H2,1H3,(H,14,18). The van der Waals surface area contributed by atoms with E-state index in [2.05, 4.69) is 20.9 Å². The first-order valence-electron chi connectivity index (χ1n) is 6.71. The summed E-state index contributed by atoms with van der Waals surface area (Å²) in [4.78, 5) is 11.8. The number of carbonyl (C=O) groups is 1. The van der Waals surface area contributed by atoms with Crippen LogP contribution in [0, 0.1) is 0 Å². The molecule has 1 saturated heterocycles. The Morgan fingerprint density at radius 3 is 3.05 bits per heavy atom. The summed E-state index contributed by atoms with van der Waals surface area (Å²) in [7, 11) is 1.70. The van der Waals surface area contributed by atoms with Crippen LogP contribution in [0.3, 0.4) is 0 Å². The minimum atomic E-state index is -0.148. The number of nitrogens with zero attached hydrogens (tertiary/aromatic N) is 3. The number of unbranched alkanes of at least 4 members (excludes halogenated alkanes) is 2. The van der Waals surface area contributed by atoms with Gasteiger partial charge in [-0.25, -0.2) is 4.68 Å². The average Bonchev–Trinajstić information content (AvgIpc) is 2.80. The molecule has 0 saturated carbocycles. The van der Waals surface area contributed by atoms with E-state index in [-0.39, 0.29) is 5.91 Å². The molecule has 1 amide bonds. The minimum absolute atomic E-state index is 0.148. The van der Waals surface area contributed by atoms with Crippen LogP contribution in [-0.4, -0.2) is 54.3 Å². The van der Waals surface area contributed by atoms with Crippen molar-refractivity contribution in [2.75, 3.05) is 33.4 Å². The second kappa shape index (κ2) is 7.20. The van der Waals surface area contributed by atoms with E-state index in [4.69, 9.17) is 4.74 Å². The number of aromatic nitrogens is 3. The van der Waals surface area contributed by atoms with Crippen molar-refractivity contribution >= 4 is 5.91 Å². The lowest BCUT2D eigenvalue weighted by molar-refractivity contribution is 0.0947. The molecule has 1 aliphatic heterocycles. The Kier molecular flexibility index (Phi) is 5.29. The number of hydrogen-bond donors (Lipinski definition) is 2. The number of rotatable bonds is 8. The average molecular weight is 267 g/mol. The highest BCUT2D eigenvalue weighted by molar-refractivity contribution is 5.91. The van der Waals surface area contributed by atoms with Crippen LogP contribution in [-0.2, 0) is 4.74 Å². The highest BCUT2D eigenvalue weighted by Crippen LogP contribution is 2.09. The second-order valence-corrected chi connectivity index (χ2v) is 4.71. The van der Waals surface area contributed by atoms with E-state index in [0.717, 1.165) is 39.0 Å². The fraction of sp³-hybridized carbons (Fsp3) is 0.750.